The van der Waals surface area contributed by atoms with Crippen LogP contribution in [-0.4, -0.2) is 9.55 Å². The minimum absolute atomic E-state index is 0.306. The second-order valence-corrected chi connectivity index (χ2v) is 5.41. The molecule has 3 nitrogen and oxygen atoms in total. The highest BCUT2D eigenvalue weighted by molar-refractivity contribution is 6.42. The van der Waals surface area contributed by atoms with Crippen molar-refractivity contribution in [1.82, 2.24) is 9.55 Å². The van der Waals surface area contributed by atoms with Gasteiger partial charge >= 0.3 is 0 Å². The Morgan fingerprint density at radius 2 is 2.06 bits per heavy atom. The average Bonchev–Trinajstić information content (AvgIpc) is 2.57. The van der Waals surface area contributed by atoms with E-state index in [1.807, 2.05) is 4.57 Å². The van der Waals surface area contributed by atoms with Crippen molar-refractivity contribution in [3.05, 3.63) is 28.0 Å². The van der Waals surface area contributed by atoms with Gasteiger partial charge in [-0.1, -0.05) is 29.6 Å². The van der Waals surface area contributed by atoms with Crippen molar-refractivity contribution in [2.24, 2.45) is 0 Å². The summed E-state index contributed by atoms with van der Waals surface area (Å²) in [6.45, 7) is 0.306. The number of nitriles is 1. The fraction of sp³-hybridized carbons (Fsp3) is 0.385. The summed E-state index contributed by atoms with van der Waals surface area (Å²) < 4.78 is 1.96. The van der Waals surface area contributed by atoms with Crippen LogP contribution in [0.15, 0.2) is 12.1 Å². The van der Waals surface area contributed by atoms with Crippen LogP contribution < -0.4 is 0 Å². The van der Waals surface area contributed by atoms with E-state index in [1.54, 1.807) is 12.1 Å². The predicted octanol–water partition coefficient (Wildman–Crippen LogP) is 4.13. The maximum Gasteiger partial charge on any atom is 0.113 e. The molecule has 0 amide bonds. The zero-order valence-electron chi connectivity index (χ0n) is 9.66. The molecule has 92 valence electrons. The van der Waals surface area contributed by atoms with Crippen molar-refractivity contribution < 1.29 is 0 Å². The molecule has 0 N–H and O–H groups in total. The third-order valence-electron chi connectivity index (χ3n) is 3.52. The standard InChI is InChI=1S/C13H11Cl2N3/c14-9-6-11-12(7-10(9)15)18(5-4-16)13(17-11)8-2-1-3-8/h6-8H,1-3,5H2. The summed E-state index contributed by atoms with van der Waals surface area (Å²) in [4.78, 5) is 4.62. The summed E-state index contributed by atoms with van der Waals surface area (Å²) in [6.07, 6.45) is 3.54. The molecule has 2 aromatic rings. The van der Waals surface area contributed by atoms with Crippen molar-refractivity contribution in [3.8, 4) is 6.07 Å². The fourth-order valence-corrected chi connectivity index (χ4v) is 2.67. The van der Waals surface area contributed by atoms with Crippen molar-refractivity contribution in [2.75, 3.05) is 0 Å². The second kappa shape index (κ2) is 4.46. The summed E-state index contributed by atoms with van der Waals surface area (Å²) in [5.74, 6) is 1.47. The Bertz CT molecular complexity index is 650. The number of hydrogen-bond donors (Lipinski definition) is 0. The molecule has 1 fully saturated rings. The van der Waals surface area contributed by atoms with Crippen LogP contribution in [-0.2, 0) is 6.54 Å². The maximum absolute atomic E-state index is 8.96. The Morgan fingerprint density at radius 1 is 1.33 bits per heavy atom. The molecule has 0 spiro atoms. The van der Waals surface area contributed by atoms with Gasteiger partial charge in [-0.2, -0.15) is 5.26 Å². The van der Waals surface area contributed by atoms with Crippen LogP contribution in [0.25, 0.3) is 11.0 Å². The summed E-state index contributed by atoms with van der Waals surface area (Å²) in [5.41, 5.74) is 1.72. The lowest BCUT2D eigenvalue weighted by Crippen LogP contribution is -2.15. The first-order chi connectivity index (χ1) is 8.70. The second-order valence-electron chi connectivity index (χ2n) is 4.60. The van der Waals surface area contributed by atoms with Crippen molar-refractivity contribution >= 4 is 34.2 Å². The summed E-state index contributed by atoms with van der Waals surface area (Å²) >= 11 is 12.0. The molecule has 1 aliphatic rings. The van der Waals surface area contributed by atoms with Crippen LogP contribution in [0.4, 0.5) is 0 Å². The van der Waals surface area contributed by atoms with E-state index >= 15 is 0 Å². The molecule has 3 rings (SSSR count). The molecule has 5 heteroatoms. The van der Waals surface area contributed by atoms with Crippen LogP contribution in [0, 0.1) is 11.3 Å². The van der Waals surface area contributed by atoms with Crippen molar-refractivity contribution in [2.45, 2.75) is 31.7 Å². The molecule has 0 radical (unpaired) electrons. The monoisotopic (exact) mass is 279 g/mol. The quantitative estimate of drug-likeness (QED) is 0.829. The summed E-state index contributed by atoms with van der Waals surface area (Å²) in [7, 11) is 0. The smallest absolute Gasteiger partial charge is 0.113 e. The first kappa shape index (κ1) is 11.8. The van der Waals surface area contributed by atoms with Gasteiger partial charge in [-0.15, -0.1) is 0 Å². The van der Waals surface area contributed by atoms with Gasteiger partial charge in [-0.25, -0.2) is 4.98 Å². The number of aromatic nitrogens is 2. The Kier molecular flexibility index (Phi) is 2.93. The molecule has 1 aromatic heterocycles. The molecular formula is C13H11Cl2N3. The molecule has 0 unspecified atom stereocenters. The SMILES string of the molecule is N#CCn1c(C2CCC2)nc2cc(Cl)c(Cl)cc21. The van der Waals surface area contributed by atoms with Gasteiger partial charge in [-0.3, -0.25) is 0 Å². The normalized spacial score (nSPS) is 15.6. The van der Waals surface area contributed by atoms with E-state index in [1.165, 1.54) is 6.42 Å². The minimum atomic E-state index is 0.306. The van der Waals surface area contributed by atoms with Gasteiger partial charge in [0.05, 0.1) is 27.1 Å². The number of benzene rings is 1. The maximum atomic E-state index is 8.96. The molecule has 1 heterocycles. The van der Waals surface area contributed by atoms with Crippen LogP contribution in [0.5, 0.6) is 0 Å². The molecule has 1 aromatic carbocycles. The zero-order valence-corrected chi connectivity index (χ0v) is 11.2. The topological polar surface area (TPSA) is 41.6 Å². The highest BCUT2D eigenvalue weighted by Gasteiger charge is 2.26. The molecular weight excluding hydrogens is 269 g/mol. The zero-order chi connectivity index (χ0) is 12.7. The van der Waals surface area contributed by atoms with E-state index in [0.717, 1.165) is 29.7 Å². The third-order valence-corrected chi connectivity index (χ3v) is 4.24. The van der Waals surface area contributed by atoms with Crippen LogP contribution in [0.1, 0.15) is 31.0 Å². The summed E-state index contributed by atoms with van der Waals surface area (Å²) in [6, 6.07) is 5.76. The van der Waals surface area contributed by atoms with E-state index in [9.17, 15) is 0 Å². The molecule has 1 saturated carbocycles. The Hall–Kier alpha value is -1.24. The molecule has 1 aliphatic carbocycles. The summed E-state index contributed by atoms with van der Waals surface area (Å²) in [5, 5.41) is 9.97. The Balaban J connectivity index is 2.22. The van der Waals surface area contributed by atoms with Gasteiger partial charge in [0.2, 0.25) is 0 Å². The molecule has 0 atom stereocenters. The third kappa shape index (κ3) is 1.77. The van der Waals surface area contributed by atoms with Gasteiger partial charge in [0.15, 0.2) is 0 Å². The molecule has 0 bridgehead atoms. The lowest BCUT2D eigenvalue weighted by molar-refractivity contribution is 0.392. The highest BCUT2D eigenvalue weighted by atomic mass is 35.5. The van der Waals surface area contributed by atoms with Gasteiger partial charge in [0.1, 0.15) is 12.4 Å². The van der Waals surface area contributed by atoms with E-state index < -0.39 is 0 Å². The fourth-order valence-electron chi connectivity index (χ4n) is 2.35. The number of halogens is 2. The van der Waals surface area contributed by atoms with Crippen molar-refractivity contribution in [1.29, 1.82) is 5.26 Å². The average molecular weight is 280 g/mol. The molecule has 18 heavy (non-hydrogen) atoms. The first-order valence-corrected chi connectivity index (χ1v) is 6.68. The van der Waals surface area contributed by atoms with Crippen LogP contribution in [0.3, 0.4) is 0 Å². The first-order valence-electron chi connectivity index (χ1n) is 5.93. The van der Waals surface area contributed by atoms with Crippen LogP contribution in [0.2, 0.25) is 10.0 Å². The lowest BCUT2D eigenvalue weighted by atomic mass is 9.85. The highest BCUT2D eigenvalue weighted by Crippen LogP contribution is 2.38. The predicted molar refractivity (Wildman–Crippen MR) is 72.0 cm³/mol. The van der Waals surface area contributed by atoms with E-state index in [4.69, 9.17) is 28.5 Å². The van der Waals surface area contributed by atoms with E-state index in [-0.39, 0.29) is 0 Å². The Morgan fingerprint density at radius 3 is 2.67 bits per heavy atom. The van der Waals surface area contributed by atoms with Gasteiger partial charge in [-0.05, 0) is 25.0 Å². The number of hydrogen-bond acceptors (Lipinski definition) is 2. The number of rotatable bonds is 2. The number of nitrogens with zero attached hydrogens (tertiary/aromatic N) is 3. The van der Waals surface area contributed by atoms with Gasteiger partial charge in [0.25, 0.3) is 0 Å². The van der Waals surface area contributed by atoms with E-state index in [0.29, 0.717) is 22.5 Å². The van der Waals surface area contributed by atoms with Gasteiger partial charge < -0.3 is 4.57 Å². The molecule has 0 saturated heterocycles. The number of fused-ring (bicyclic) bond motifs is 1. The van der Waals surface area contributed by atoms with Crippen LogP contribution >= 0.6 is 23.2 Å². The van der Waals surface area contributed by atoms with Crippen molar-refractivity contribution in [3.63, 3.8) is 0 Å². The lowest BCUT2D eigenvalue weighted by Gasteiger charge is -2.25. The largest absolute Gasteiger partial charge is 0.314 e. The molecule has 0 aliphatic heterocycles. The van der Waals surface area contributed by atoms with E-state index in [2.05, 4.69) is 11.1 Å². The number of imidazole rings is 1. The minimum Gasteiger partial charge on any atom is -0.314 e. The van der Waals surface area contributed by atoms with Gasteiger partial charge in [0, 0.05) is 5.92 Å². The Labute approximate surface area is 115 Å².